The van der Waals surface area contributed by atoms with Gasteiger partial charge in [-0.25, -0.2) is 9.59 Å². The molecule has 1 heterocycles. The molecule has 7 nitrogen and oxygen atoms in total. The SMILES string of the molecule is CCCCCCCN1C(=O)N(c2ccccc2)[C@@H](N(O)C(=O)Nc2ccccc2)C1(C)C. The molecular formula is C25H34N4O3. The highest BCUT2D eigenvalue weighted by Gasteiger charge is 2.55. The summed E-state index contributed by atoms with van der Waals surface area (Å²) in [6.07, 6.45) is 4.51. The summed E-state index contributed by atoms with van der Waals surface area (Å²) in [7, 11) is 0. The maximum absolute atomic E-state index is 13.5. The molecule has 1 saturated heterocycles. The summed E-state index contributed by atoms with van der Waals surface area (Å²) in [6.45, 7) is 6.53. The van der Waals surface area contributed by atoms with Gasteiger partial charge in [0.05, 0.1) is 5.54 Å². The van der Waals surface area contributed by atoms with E-state index >= 15 is 0 Å². The van der Waals surface area contributed by atoms with Gasteiger partial charge in [0.15, 0.2) is 6.17 Å². The van der Waals surface area contributed by atoms with Crippen molar-refractivity contribution in [3.8, 4) is 0 Å². The van der Waals surface area contributed by atoms with E-state index in [1.54, 1.807) is 29.2 Å². The second-order valence-electron chi connectivity index (χ2n) is 8.72. The summed E-state index contributed by atoms with van der Waals surface area (Å²) in [5.41, 5.74) is 0.397. The molecular weight excluding hydrogens is 404 g/mol. The molecule has 1 atom stereocenters. The lowest BCUT2D eigenvalue weighted by atomic mass is 9.99. The van der Waals surface area contributed by atoms with E-state index in [4.69, 9.17) is 0 Å². The number of hydrogen-bond acceptors (Lipinski definition) is 3. The average molecular weight is 439 g/mol. The van der Waals surface area contributed by atoms with E-state index in [1.807, 2.05) is 50.2 Å². The first-order chi connectivity index (χ1) is 15.4. The molecule has 0 aliphatic carbocycles. The molecule has 1 aliphatic rings. The molecule has 2 aromatic carbocycles. The highest BCUT2D eigenvalue weighted by molar-refractivity contribution is 5.98. The Morgan fingerprint density at radius 2 is 1.59 bits per heavy atom. The Labute approximate surface area is 190 Å². The second kappa shape index (κ2) is 10.5. The maximum atomic E-state index is 13.5. The van der Waals surface area contributed by atoms with Crippen LogP contribution in [0.4, 0.5) is 21.0 Å². The van der Waals surface area contributed by atoms with Crippen LogP contribution in [-0.2, 0) is 0 Å². The topological polar surface area (TPSA) is 76.1 Å². The molecule has 4 amide bonds. The van der Waals surface area contributed by atoms with Crippen LogP contribution in [0.2, 0.25) is 0 Å². The van der Waals surface area contributed by atoms with Gasteiger partial charge in [-0.1, -0.05) is 69.0 Å². The molecule has 2 N–H and O–H groups in total. The zero-order valence-electron chi connectivity index (χ0n) is 19.2. The Hall–Kier alpha value is -3.06. The predicted octanol–water partition coefficient (Wildman–Crippen LogP) is 5.93. The van der Waals surface area contributed by atoms with Gasteiger partial charge in [-0.2, -0.15) is 5.06 Å². The van der Waals surface area contributed by atoms with Gasteiger partial charge in [0, 0.05) is 17.9 Å². The monoisotopic (exact) mass is 438 g/mol. The van der Waals surface area contributed by atoms with Gasteiger partial charge in [-0.15, -0.1) is 0 Å². The molecule has 2 aromatic rings. The van der Waals surface area contributed by atoms with Crippen molar-refractivity contribution in [2.45, 2.75) is 64.6 Å². The number of carbonyl (C=O) groups excluding carboxylic acids is 2. The number of carbonyl (C=O) groups is 2. The van der Waals surface area contributed by atoms with Crippen LogP contribution in [0.3, 0.4) is 0 Å². The lowest BCUT2D eigenvalue weighted by Gasteiger charge is -2.38. The molecule has 0 saturated carbocycles. The zero-order chi connectivity index (χ0) is 23.1. The summed E-state index contributed by atoms with van der Waals surface area (Å²) < 4.78 is 0. The van der Waals surface area contributed by atoms with Crippen molar-refractivity contribution in [1.29, 1.82) is 0 Å². The van der Waals surface area contributed by atoms with Gasteiger partial charge >= 0.3 is 12.1 Å². The Bertz CT molecular complexity index is 889. The molecule has 172 valence electrons. The number of amides is 4. The van der Waals surface area contributed by atoms with Crippen LogP contribution in [0.1, 0.15) is 52.9 Å². The smallest absolute Gasteiger partial charge is 0.315 e. The molecule has 0 unspecified atom stereocenters. The summed E-state index contributed by atoms with van der Waals surface area (Å²) in [5.74, 6) is 0. The van der Waals surface area contributed by atoms with E-state index in [2.05, 4.69) is 12.2 Å². The van der Waals surface area contributed by atoms with Crippen LogP contribution in [0.5, 0.6) is 0 Å². The van der Waals surface area contributed by atoms with Crippen LogP contribution < -0.4 is 10.2 Å². The first kappa shape index (κ1) is 23.6. The van der Waals surface area contributed by atoms with Crippen molar-refractivity contribution in [3.05, 3.63) is 60.7 Å². The summed E-state index contributed by atoms with van der Waals surface area (Å²) in [4.78, 5) is 29.7. The van der Waals surface area contributed by atoms with Crippen molar-refractivity contribution in [3.63, 3.8) is 0 Å². The Morgan fingerprint density at radius 3 is 2.22 bits per heavy atom. The van der Waals surface area contributed by atoms with Crippen molar-refractivity contribution < 1.29 is 14.8 Å². The average Bonchev–Trinajstić information content (AvgIpc) is 2.99. The van der Waals surface area contributed by atoms with Crippen LogP contribution in [0.15, 0.2) is 60.7 Å². The number of rotatable bonds is 9. The minimum absolute atomic E-state index is 0.215. The number of hydroxylamine groups is 2. The maximum Gasteiger partial charge on any atom is 0.347 e. The van der Waals surface area contributed by atoms with Crippen molar-refractivity contribution in [2.24, 2.45) is 0 Å². The Kier molecular flexibility index (Phi) is 7.75. The number of hydrogen-bond donors (Lipinski definition) is 2. The number of anilines is 2. The van der Waals surface area contributed by atoms with Crippen LogP contribution in [0, 0.1) is 0 Å². The minimum Gasteiger partial charge on any atom is -0.315 e. The van der Waals surface area contributed by atoms with E-state index in [0.717, 1.165) is 25.7 Å². The number of para-hydroxylation sites is 2. The quantitative estimate of drug-likeness (QED) is 0.289. The zero-order valence-corrected chi connectivity index (χ0v) is 19.2. The van der Waals surface area contributed by atoms with E-state index in [0.29, 0.717) is 23.0 Å². The van der Waals surface area contributed by atoms with E-state index in [-0.39, 0.29) is 6.03 Å². The molecule has 1 fully saturated rings. The van der Waals surface area contributed by atoms with Gasteiger partial charge in [-0.05, 0) is 44.5 Å². The molecule has 0 bridgehead atoms. The third-order valence-corrected chi connectivity index (χ3v) is 5.99. The molecule has 1 aliphatic heterocycles. The first-order valence-corrected chi connectivity index (χ1v) is 11.4. The highest BCUT2D eigenvalue weighted by Crippen LogP contribution is 2.38. The minimum atomic E-state index is -0.892. The van der Waals surface area contributed by atoms with Crippen molar-refractivity contribution >= 4 is 23.4 Å². The Morgan fingerprint density at radius 1 is 1.00 bits per heavy atom. The molecule has 0 radical (unpaired) electrons. The molecule has 0 spiro atoms. The highest BCUT2D eigenvalue weighted by atomic mass is 16.5. The summed E-state index contributed by atoms with van der Waals surface area (Å²) >= 11 is 0. The largest absolute Gasteiger partial charge is 0.347 e. The number of urea groups is 2. The van der Waals surface area contributed by atoms with Gasteiger partial charge in [0.2, 0.25) is 0 Å². The number of benzene rings is 2. The Balaban J connectivity index is 1.85. The number of nitrogens with one attached hydrogen (secondary N) is 1. The molecule has 7 heteroatoms. The van der Waals surface area contributed by atoms with Gasteiger partial charge < -0.3 is 10.2 Å². The van der Waals surface area contributed by atoms with Gasteiger partial charge in [-0.3, -0.25) is 10.1 Å². The first-order valence-electron chi connectivity index (χ1n) is 11.4. The van der Waals surface area contributed by atoms with E-state index in [1.165, 1.54) is 11.3 Å². The van der Waals surface area contributed by atoms with Crippen molar-refractivity contribution in [2.75, 3.05) is 16.8 Å². The molecule has 32 heavy (non-hydrogen) atoms. The van der Waals surface area contributed by atoms with Gasteiger partial charge in [0.1, 0.15) is 0 Å². The van der Waals surface area contributed by atoms with Crippen LogP contribution in [-0.4, -0.2) is 45.5 Å². The fraction of sp³-hybridized carbons (Fsp3) is 0.440. The van der Waals surface area contributed by atoms with Crippen LogP contribution in [0.25, 0.3) is 0 Å². The lowest BCUT2D eigenvalue weighted by Crippen LogP contribution is -2.58. The molecule has 3 rings (SSSR count). The number of nitrogens with zero attached hydrogens (tertiary/aromatic N) is 3. The fourth-order valence-corrected chi connectivity index (χ4v) is 4.26. The second-order valence-corrected chi connectivity index (χ2v) is 8.72. The summed E-state index contributed by atoms with van der Waals surface area (Å²) in [5, 5.41) is 14.4. The third-order valence-electron chi connectivity index (χ3n) is 5.99. The standard InChI is InChI=1S/C25H34N4O3/c1-4-5-6-7-14-19-27-24(31)28(21-17-12-9-13-18-21)22(25(27,2)3)29(32)23(30)26-20-15-10-8-11-16-20/h8-13,15-18,22,32H,4-7,14,19H2,1-3H3,(H,26,30)/t22-/m0/s1. The van der Waals surface area contributed by atoms with Gasteiger partial charge in [0.25, 0.3) is 0 Å². The van der Waals surface area contributed by atoms with E-state index in [9.17, 15) is 14.8 Å². The summed E-state index contributed by atoms with van der Waals surface area (Å²) in [6, 6.07) is 17.2. The molecule has 0 aromatic heterocycles. The fourth-order valence-electron chi connectivity index (χ4n) is 4.26. The number of unbranched alkanes of at least 4 members (excludes halogenated alkanes) is 4. The van der Waals surface area contributed by atoms with Crippen molar-refractivity contribution in [1.82, 2.24) is 9.96 Å². The predicted molar refractivity (Wildman–Crippen MR) is 127 cm³/mol. The van der Waals surface area contributed by atoms with Crippen LogP contribution >= 0.6 is 0 Å². The third kappa shape index (κ3) is 5.05. The normalized spacial score (nSPS) is 17.5. The lowest BCUT2D eigenvalue weighted by molar-refractivity contribution is -0.0949. The van der Waals surface area contributed by atoms with E-state index < -0.39 is 17.7 Å².